The van der Waals surface area contributed by atoms with Gasteiger partial charge in [-0.1, -0.05) is 6.42 Å². The van der Waals surface area contributed by atoms with Crippen LogP contribution in [0.4, 0.5) is 0 Å². The summed E-state index contributed by atoms with van der Waals surface area (Å²) in [6.45, 7) is 1.70. The Morgan fingerprint density at radius 1 is 1.36 bits per heavy atom. The quantitative estimate of drug-likeness (QED) is 0.820. The Morgan fingerprint density at radius 3 is 3.05 bits per heavy atom. The third-order valence-electron chi connectivity index (χ3n) is 4.15. The molecule has 1 saturated heterocycles. The lowest BCUT2D eigenvalue weighted by atomic mass is 10.2. The largest absolute Gasteiger partial charge is 0.365 e. The van der Waals surface area contributed by atoms with Gasteiger partial charge in [-0.05, 0) is 12.8 Å². The number of amides is 2. The third kappa shape index (κ3) is 3.11. The van der Waals surface area contributed by atoms with Gasteiger partial charge in [-0.2, -0.15) is 0 Å². The Hall–Kier alpha value is -1.96. The zero-order valence-corrected chi connectivity index (χ0v) is 12.7. The smallest absolute Gasteiger partial charge is 0.289 e. The summed E-state index contributed by atoms with van der Waals surface area (Å²) in [5, 5.41) is 11.0. The molecule has 0 radical (unpaired) electrons. The van der Waals surface area contributed by atoms with Gasteiger partial charge in [0, 0.05) is 33.1 Å². The molecule has 1 atom stereocenters. The molecule has 1 fully saturated rings. The van der Waals surface area contributed by atoms with Crippen LogP contribution >= 0.6 is 0 Å². The van der Waals surface area contributed by atoms with Crippen molar-refractivity contribution < 1.29 is 14.3 Å². The summed E-state index contributed by atoms with van der Waals surface area (Å²) in [7, 11) is 1.73. The van der Waals surface area contributed by atoms with Crippen LogP contribution in [0.25, 0.3) is 0 Å². The zero-order valence-electron chi connectivity index (χ0n) is 12.7. The average Bonchev–Trinajstić information content (AvgIpc) is 2.77. The van der Waals surface area contributed by atoms with Crippen molar-refractivity contribution in [1.82, 2.24) is 25.0 Å². The van der Waals surface area contributed by atoms with Crippen molar-refractivity contribution >= 4 is 11.8 Å². The number of aromatic nitrogens is 3. The lowest BCUT2D eigenvalue weighted by Gasteiger charge is -2.29. The van der Waals surface area contributed by atoms with E-state index < -0.39 is 0 Å². The van der Waals surface area contributed by atoms with Crippen LogP contribution in [0.5, 0.6) is 0 Å². The Morgan fingerprint density at radius 2 is 2.23 bits per heavy atom. The summed E-state index contributed by atoms with van der Waals surface area (Å²) in [5.74, 6) is 0.994. The predicted molar refractivity (Wildman–Crippen MR) is 77.3 cm³/mol. The summed E-state index contributed by atoms with van der Waals surface area (Å²) >= 11 is 0. The number of nitrogens with zero attached hydrogens (tertiary/aromatic N) is 4. The van der Waals surface area contributed by atoms with E-state index >= 15 is 0 Å². The molecule has 1 aromatic heterocycles. The van der Waals surface area contributed by atoms with Gasteiger partial charge in [0.2, 0.25) is 11.7 Å². The van der Waals surface area contributed by atoms with Gasteiger partial charge in [-0.25, -0.2) is 0 Å². The molecule has 0 aromatic carbocycles. The molecule has 22 heavy (non-hydrogen) atoms. The highest BCUT2D eigenvalue weighted by atomic mass is 16.5. The second kappa shape index (κ2) is 6.43. The number of hydrogen-bond acceptors (Lipinski definition) is 5. The second-order valence-electron chi connectivity index (χ2n) is 5.82. The molecule has 0 saturated carbocycles. The van der Waals surface area contributed by atoms with Gasteiger partial charge >= 0.3 is 0 Å². The molecule has 0 unspecified atom stereocenters. The van der Waals surface area contributed by atoms with Crippen LogP contribution in [-0.2, 0) is 22.5 Å². The molecule has 3 rings (SSSR count). The standard InChI is InChI=1S/C14H21N5O3/c1-18-8-10(22-9-12(18)20)7-15-14(21)13-17-16-11-5-3-2-4-6-19(11)13/h10H,2-9H2,1H3,(H,15,21)/t10-/m1/s1. The molecule has 1 aromatic rings. The Bertz CT molecular complexity index is 571. The third-order valence-corrected chi connectivity index (χ3v) is 4.15. The van der Waals surface area contributed by atoms with Gasteiger partial charge in [0.15, 0.2) is 0 Å². The SMILES string of the molecule is CN1C[C@@H](CNC(=O)c2nnc3n2CCCCC3)OCC1=O. The highest BCUT2D eigenvalue weighted by Gasteiger charge is 2.25. The molecule has 2 aliphatic heterocycles. The molecule has 1 N–H and O–H groups in total. The Labute approximate surface area is 128 Å². The van der Waals surface area contributed by atoms with E-state index in [1.54, 1.807) is 11.9 Å². The highest BCUT2D eigenvalue weighted by molar-refractivity contribution is 5.90. The maximum absolute atomic E-state index is 12.3. The van der Waals surface area contributed by atoms with Crippen molar-refractivity contribution in [3.05, 3.63) is 11.6 Å². The maximum atomic E-state index is 12.3. The fourth-order valence-electron chi connectivity index (χ4n) is 2.82. The first-order chi connectivity index (χ1) is 10.6. The fourth-order valence-corrected chi connectivity index (χ4v) is 2.82. The molecule has 2 aliphatic rings. The number of fused-ring (bicyclic) bond motifs is 1. The summed E-state index contributed by atoms with van der Waals surface area (Å²) in [6, 6.07) is 0. The first-order valence-electron chi connectivity index (χ1n) is 7.71. The van der Waals surface area contributed by atoms with Crippen LogP contribution in [0.1, 0.15) is 35.7 Å². The summed E-state index contributed by atoms with van der Waals surface area (Å²) in [6.07, 6.45) is 3.98. The van der Waals surface area contributed by atoms with Crippen LogP contribution < -0.4 is 5.32 Å². The van der Waals surface area contributed by atoms with Crippen LogP contribution in [0.2, 0.25) is 0 Å². The molecule has 2 amide bonds. The van der Waals surface area contributed by atoms with E-state index in [0.29, 0.717) is 18.9 Å². The van der Waals surface area contributed by atoms with Gasteiger partial charge in [-0.3, -0.25) is 9.59 Å². The van der Waals surface area contributed by atoms with Crippen molar-refractivity contribution in [2.45, 2.75) is 38.3 Å². The number of hydrogen-bond donors (Lipinski definition) is 1. The van der Waals surface area contributed by atoms with Crippen molar-refractivity contribution in [3.63, 3.8) is 0 Å². The molecular weight excluding hydrogens is 286 g/mol. The van der Waals surface area contributed by atoms with Gasteiger partial charge < -0.3 is 19.5 Å². The topological polar surface area (TPSA) is 89.3 Å². The normalized spacial score (nSPS) is 22.1. The molecule has 8 nitrogen and oxygen atoms in total. The van der Waals surface area contributed by atoms with E-state index in [0.717, 1.165) is 38.1 Å². The lowest BCUT2D eigenvalue weighted by Crippen LogP contribution is -2.49. The van der Waals surface area contributed by atoms with Crippen LogP contribution in [0.3, 0.4) is 0 Å². The molecule has 8 heteroatoms. The van der Waals surface area contributed by atoms with E-state index in [2.05, 4.69) is 15.5 Å². The lowest BCUT2D eigenvalue weighted by molar-refractivity contribution is -0.146. The zero-order chi connectivity index (χ0) is 15.5. The second-order valence-corrected chi connectivity index (χ2v) is 5.82. The monoisotopic (exact) mass is 307 g/mol. The summed E-state index contributed by atoms with van der Waals surface area (Å²) < 4.78 is 7.33. The van der Waals surface area contributed by atoms with E-state index in [9.17, 15) is 9.59 Å². The van der Waals surface area contributed by atoms with Crippen LogP contribution in [0.15, 0.2) is 0 Å². The first-order valence-corrected chi connectivity index (χ1v) is 7.71. The van der Waals surface area contributed by atoms with Crippen molar-refractivity contribution in [2.75, 3.05) is 26.7 Å². The molecule has 0 aliphatic carbocycles. The van der Waals surface area contributed by atoms with Crippen molar-refractivity contribution in [3.8, 4) is 0 Å². The highest BCUT2D eigenvalue weighted by Crippen LogP contribution is 2.14. The number of carbonyl (C=O) groups is 2. The van der Waals surface area contributed by atoms with Crippen LogP contribution in [-0.4, -0.2) is 64.3 Å². The van der Waals surface area contributed by atoms with E-state index in [1.807, 2.05) is 4.57 Å². The van der Waals surface area contributed by atoms with Gasteiger partial charge in [0.05, 0.1) is 6.10 Å². The molecule has 120 valence electrons. The minimum absolute atomic E-state index is 0.0367. The van der Waals surface area contributed by atoms with Crippen molar-refractivity contribution in [1.29, 1.82) is 0 Å². The van der Waals surface area contributed by atoms with Gasteiger partial charge in [0.1, 0.15) is 12.4 Å². The van der Waals surface area contributed by atoms with Crippen molar-refractivity contribution in [2.24, 2.45) is 0 Å². The molecule has 3 heterocycles. The number of likely N-dealkylation sites (N-methyl/N-ethyl adjacent to an activating group) is 1. The molecule has 0 spiro atoms. The Balaban J connectivity index is 1.58. The number of morpholine rings is 1. The first kappa shape index (κ1) is 15.0. The van der Waals surface area contributed by atoms with E-state index in [-0.39, 0.29) is 24.5 Å². The van der Waals surface area contributed by atoms with Crippen LogP contribution in [0, 0.1) is 0 Å². The minimum atomic E-state index is -0.233. The summed E-state index contributed by atoms with van der Waals surface area (Å²) in [4.78, 5) is 25.3. The van der Waals surface area contributed by atoms with Gasteiger partial charge in [0.25, 0.3) is 5.91 Å². The number of ether oxygens (including phenoxy) is 1. The summed E-state index contributed by atoms with van der Waals surface area (Å²) in [5.41, 5.74) is 0. The molecule has 0 bridgehead atoms. The number of carbonyl (C=O) groups excluding carboxylic acids is 2. The number of aryl methyl sites for hydroxylation is 1. The number of rotatable bonds is 3. The predicted octanol–water partition coefficient (Wildman–Crippen LogP) is -0.409. The van der Waals surface area contributed by atoms with Gasteiger partial charge in [-0.15, -0.1) is 10.2 Å². The number of nitrogens with one attached hydrogen (secondary N) is 1. The average molecular weight is 307 g/mol. The van der Waals surface area contributed by atoms with E-state index in [1.165, 1.54) is 0 Å². The Kier molecular flexibility index (Phi) is 4.37. The maximum Gasteiger partial charge on any atom is 0.289 e. The minimum Gasteiger partial charge on any atom is -0.365 e. The van der Waals surface area contributed by atoms with E-state index in [4.69, 9.17) is 4.74 Å². The fraction of sp³-hybridized carbons (Fsp3) is 0.714. The molecular formula is C14H21N5O3.